The summed E-state index contributed by atoms with van der Waals surface area (Å²) in [6.45, 7) is 4.58. The molecule has 0 spiro atoms. The van der Waals surface area contributed by atoms with E-state index < -0.39 is 0 Å². The van der Waals surface area contributed by atoms with Crippen LogP contribution in [0.15, 0.2) is 36.7 Å². The van der Waals surface area contributed by atoms with Crippen molar-refractivity contribution in [3.63, 3.8) is 0 Å². The van der Waals surface area contributed by atoms with Gasteiger partial charge in [-0.25, -0.2) is 4.98 Å². The molecule has 0 N–H and O–H groups in total. The Bertz CT molecular complexity index is 525. The zero-order valence-corrected chi connectivity index (χ0v) is 10.4. The van der Waals surface area contributed by atoms with Gasteiger partial charge in [0.25, 0.3) is 0 Å². The largest absolute Gasteiger partial charge is 0.303 e. The summed E-state index contributed by atoms with van der Waals surface area (Å²) in [7, 11) is 0. The molecule has 0 aliphatic carbocycles. The molecule has 1 aliphatic rings. The third-order valence-electron chi connectivity index (χ3n) is 3.78. The summed E-state index contributed by atoms with van der Waals surface area (Å²) < 4.78 is 2.27. The molecule has 17 heavy (non-hydrogen) atoms. The fourth-order valence-electron chi connectivity index (χ4n) is 2.82. The maximum atomic E-state index is 4.58. The molecule has 1 unspecified atom stereocenters. The van der Waals surface area contributed by atoms with Crippen molar-refractivity contribution >= 4 is 0 Å². The van der Waals surface area contributed by atoms with E-state index in [9.17, 15) is 0 Å². The van der Waals surface area contributed by atoms with Crippen molar-refractivity contribution in [1.82, 2.24) is 9.55 Å². The predicted octanol–water partition coefficient (Wildman–Crippen LogP) is 3.56. The van der Waals surface area contributed by atoms with E-state index in [0.29, 0.717) is 11.8 Å². The highest BCUT2D eigenvalue weighted by Gasteiger charge is 2.25. The molecule has 1 aromatic carbocycles. The van der Waals surface area contributed by atoms with Crippen LogP contribution in [0.25, 0.3) is 5.69 Å². The van der Waals surface area contributed by atoms with Gasteiger partial charge in [0.15, 0.2) is 0 Å². The molecule has 2 heterocycles. The van der Waals surface area contributed by atoms with Crippen molar-refractivity contribution in [2.75, 3.05) is 0 Å². The van der Waals surface area contributed by atoms with E-state index in [-0.39, 0.29) is 0 Å². The van der Waals surface area contributed by atoms with E-state index in [2.05, 4.69) is 53.9 Å². The summed E-state index contributed by atoms with van der Waals surface area (Å²) in [5.74, 6) is 2.44. The number of imidazole rings is 1. The highest BCUT2D eigenvalue weighted by Crippen LogP contribution is 2.34. The van der Waals surface area contributed by atoms with Gasteiger partial charge in [0.2, 0.25) is 0 Å². The molecule has 1 aromatic heterocycles. The lowest BCUT2D eigenvalue weighted by Crippen LogP contribution is -2.11. The quantitative estimate of drug-likeness (QED) is 0.727. The number of para-hydroxylation sites is 1. The summed E-state index contributed by atoms with van der Waals surface area (Å²) in [4.78, 5) is 4.58. The number of aryl methyl sites for hydroxylation is 1. The lowest BCUT2D eigenvalue weighted by atomic mass is 9.90. The molecular weight excluding hydrogens is 208 g/mol. The first-order valence-corrected chi connectivity index (χ1v) is 6.39. The van der Waals surface area contributed by atoms with Crippen LogP contribution in [0.1, 0.15) is 37.6 Å². The van der Waals surface area contributed by atoms with Crippen LogP contribution in [-0.2, 0) is 6.42 Å². The van der Waals surface area contributed by atoms with Crippen LogP contribution in [-0.4, -0.2) is 9.55 Å². The summed E-state index contributed by atoms with van der Waals surface area (Å²) >= 11 is 0. The fourth-order valence-corrected chi connectivity index (χ4v) is 2.82. The van der Waals surface area contributed by atoms with Gasteiger partial charge in [-0.15, -0.1) is 0 Å². The smallest absolute Gasteiger partial charge is 0.116 e. The lowest BCUT2D eigenvalue weighted by molar-refractivity contribution is 0.450. The Hall–Kier alpha value is -1.57. The second-order valence-electron chi connectivity index (χ2n) is 5.17. The van der Waals surface area contributed by atoms with Crippen LogP contribution >= 0.6 is 0 Å². The standard InChI is InChI=1S/C15H18N2/c1-11(2)13-8-7-12-5-3-4-6-14(12)17-10-9-16-15(13)17/h3-6,9-11,13H,7-8H2,1-2H3. The number of nitrogens with zero attached hydrogens (tertiary/aromatic N) is 2. The Labute approximate surface area is 102 Å². The van der Waals surface area contributed by atoms with Crippen LogP contribution in [0.5, 0.6) is 0 Å². The Morgan fingerprint density at radius 3 is 2.94 bits per heavy atom. The van der Waals surface area contributed by atoms with Crippen molar-refractivity contribution in [3.8, 4) is 5.69 Å². The maximum absolute atomic E-state index is 4.58. The van der Waals surface area contributed by atoms with Gasteiger partial charge in [-0.3, -0.25) is 0 Å². The Kier molecular flexibility index (Phi) is 2.50. The van der Waals surface area contributed by atoms with Crippen molar-refractivity contribution in [2.24, 2.45) is 5.92 Å². The zero-order valence-electron chi connectivity index (χ0n) is 10.4. The average molecular weight is 226 g/mol. The van der Waals surface area contributed by atoms with Crippen molar-refractivity contribution in [3.05, 3.63) is 48.0 Å². The molecule has 2 nitrogen and oxygen atoms in total. The van der Waals surface area contributed by atoms with Crippen LogP contribution in [0.2, 0.25) is 0 Å². The highest BCUT2D eigenvalue weighted by atomic mass is 15.1. The van der Waals surface area contributed by atoms with Crippen LogP contribution in [0.4, 0.5) is 0 Å². The van der Waals surface area contributed by atoms with Crippen LogP contribution in [0, 0.1) is 5.92 Å². The zero-order chi connectivity index (χ0) is 11.8. The molecule has 0 saturated carbocycles. The maximum Gasteiger partial charge on any atom is 0.116 e. The number of benzene rings is 1. The lowest BCUT2D eigenvalue weighted by Gasteiger charge is -2.18. The number of fused-ring (bicyclic) bond motifs is 3. The molecule has 0 radical (unpaired) electrons. The topological polar surface area (TPSA) is 17.8 Å². The van der Waals surface area contributed by atoms with E-state index in [1.54, 1.807) is 0 Å². The van der Waals surface area contributed by atoms with Gasteiger partial charge in [-0.1, -0.05) is 32.0 Å². The molecule has 0 bridgehead atoms. The first-order valence-electron chi connectivity index (χ1n) is 6.39. The average Bonchev–Trinajstić information content (AvgIpc) is 2.73. The number of hydrogen-bond acceptors (Lipinski definition) is 1. The summed E-state index contributed by atoms with van der Waals surface area (Å²) in [5.41, 5.74) is 2.75. The van der Waals surface area contributed by atoms with Gasteiger partial charge in [0.1, 0.15) is 5.82 Å². The summed E-state index contributed by atoms with van der Waals surface area (Å²) in [6, 6.07) is 8.68. The molecular formula is C15H18N2. The van der Waals surface area contributed by atoms with Gasteiger partial charge < -0.3 is 4.57 Å². The minimum atomic E-state index is 0.567. The molecule has 2 heteroatoms. The molecule has 0 fully saturated rings. The van der Waals surface area contributed by atoms with Gasteiger partial charge in [-0.2, -0.15) is 0 Å². The normalized spacial score (nSPS) is 18.6. The predicted molar refractivity (Wildman–Crippen MR) is 69.5 cm³/mol. The first-order chi connectivity index (χ1) is 8.27. The van der Waals surface area contributed by atoms with Crippen LogP contribution in [0.3, 0.4) is 0 Å². The van der Waals surface area contributed by atoms with Crippen molar-refractivity contribution in [2.45, 2.75) is 32.6 Å². The molecule has 1 aliphatic heterocycles. The van der Waals surface area contributed by atoms with Gasteiger partial charge in [0, 0.05) is 24.0 Å². The second-order valence-corrected chi connectivity index (χ2v) is 5.17. The van der Waals surface area contributed by atoms with Gasteiger partial charge in [-0.05, 0) is 30.4 Å². The van der Waals surface area contributed by atoms with E-state index in [1.165, 1.54) is 23.5 Å². The molecule has 3 rings (SSSR count). The monoisotopic (exact) mass is 226 g/mol. The Morgan fingerprint density at radius 1 is 1.29 bits per heavy atom. The van der Waals surface area contributed by atoms with Crippen LogP contribution < -0.4 is 0 Å². The van der Waals surface area contributed by atoms with E-state index in [0.717, 1.165) is 6.42 Å². The van der Waals surface area contributed by atoms with Crippen molar-refractivity contribution < 1.29 is 0 Å². The molecule has 88 valence electrons. The summed E-state index contributed by atoms with van der Waals surface area (Å²) in [6.07, 6.45) is 6.37. The highest BCUT2D eigenvalue weighted by molar-refractivity contribution is 5.44. The SMILES string of the molecule is CC(C)C1CCc2ccccc2-n2ccnc21. The van der Waals surface area contributed by atoms with E-state index >= 15 is 0 Å². The van der Waals surface area contributed by atoms with Gasteiger partial charge in [0.05, 0.1) is 0 Å². The molecule has 0 amide bonds. The Morgan fingerprint density at radius 2 is 2.12 bits per heavy atom. The van der Waals surface area contributed by atoms with Gasteiger partial charge >= 0.3 is 0 Å². The molecule has 2 aromatic rings. The third kappa shape index (κ3) is 1.68. The summed E-state index contributed by atoms with van der Waals surface area (Å²) in [5, 5.41) is 0. The van der Waals surface area contributed by atoms with E-state index in [4.69, 9.17) is 0 Å². The number of rotatable bonds is 1. The number of aromatic nitrogens is 2. The van der Waals surface area contributed by atoms with Crippen molar-refractivity contribution in [1.29, 1.82) is 0 Å². The number of hydrogen-bond donors (Lipinski definition) is 0. The minimum Gasteiger partial charge on any atom is -0.303 e. The molecule has 1 atom stereocenters. The minimum absolute atomic E-state index is 0.567. The fraction of sp³-hybridized carbons (Fsp3) is 0.400. The Balaban J connectivity index is 2.17. The van der Waals surface area contributed by atoms with E-state index in [1.807, 2.05) is 6.20 Å². The third-order valence-corrected chi connectivity index (χ3v) is 3.78. The second kappa shape index (κ2) is 4.02. The first kappa shape index (κ1) is 10.6. The molecule has 0 saturated heterocycles.